The van der Waals surface area contributed by atoms with E-state index in [1.165, 1.54) is 18.4 Å². The van der Waals surface area contributed by atoms with E-state index in [1.807, 2.05) is 0 Å². The fourth-order valence-electron chi connectivity index (χ4n) is 1.80. The van der Waals surface area contributed by atoms with E-state index in [0.29, 0.717) is 5.76 Å². The zero-order valence-electron chi connectivity index (χ0n) is 11.4. The van der Waals surface area contributed by atoms with Gasteiger partial charge in [0.25, 0.3) is 0 Å². The average molecular weight is 374 g/mol. The molecule has 21 heavy (non-hydrogen) atoms. The van der Waals surface area contributed by atoms with Crippen LogP contribution in [0.3, 0.4) is 0 Å². The van der Waals surface area contributed by atoms with Gasteiger partial charge in [0.1, 0.15) is 5.76 Å². The van der Waals surface area contributed by atoms with Crippen LogP contribution >= 0.6 is 15.9 Å². The molecule has 0 saturated heterocycles. The maximum Gasteiger partial charge on any atom is 0.240 e. The molecular formula is C14H16BrNO4S. The number of sulfonamides is 1. The van der Waals surface area contributed by atoms with Gasteiger partial charge in [-0.1, -0.05) is 15.9 Å². The summed E-state index contributed by atoms with van der Waals surface area (Å²) in [5.41, 5.74) is -1.24. The molecule has 0 bridgehead atoms. The number of nitrogens with one attached hydrogen (secondary N) is 1. The molecule has 1 unspecified atom stereocenters. The highest BCUT2D eigenvalue weighted by atomic mass is 79.9. The Bertz CT molecular complexity index is 678. The van der Waals surface area contributed by atoms with Crippen molar-refractivity contribution in [3.8, 4) is 0 Å². The molecule has 1 atom stereocenters. The summed E-state index contributed by atoms with van der Waals surface area (Å²) >= 11 is 3.25. The van der Waals surface area contributed by atoms with Crippen LogP contribution in [0.1, 0.15) is 12.7 Å². The highest BCUT2D eigenvalue weighted by Gasteiger charge is 2.25. The van der Waals surface area contributed by atoms with Crippen molar-refractivity contribution in [3.05, 3.63) is 52.9 Å². The summed E-state index contributed by atoms with van der Waals surface area (Å²) in [6, 6.07) is 9.74. The summed E-state index contributed by atoms with van der Waals surface area (Å²) in [5, 5.41) is 10.2. The molecule has 0 fully saturated rings. The molecule has 1 aromatic heterocycles. The van der Waals surface area contributed by atoms with Crippen LogP contribution in [0.4, 0.5) is 0 Å². The van der Waals surface area contributed by atoms with Gasteiger partial charge in [0, 0.05) is 17.4 Å². The van der Waals surface area contributed by atoms with Crippen LogP contribution in [-0.2, 0) is 16.4 Å². The van der Waals surface area contributed by atoms with E-state index in [2.05, 4.69) is 20.7 Å². The molecule has 0 saturated carbocycles. The molecule has 2 N–H and O–H groups in total. The maximum absolute atomic E-state index is 12.1. The highest BCUT2D eigenvalue weighted by molar-refractivity contribution is 9.10. The first kappa shape index (κ1) is 16.2. The zero-order valence-corrected chi connectivity index (χ0v) is 13.8. The third-order valence-electron chi connectivity index (χ3n) is 2.90. The van der Waals surface area contributed by atoms with E-state index in [-0.39, 0.29) is 17.9 Å². The number of aliphatic hydroxyl groups is 1. The van der Waals surface area contributed by atoms with Gasteiger partial charge in [-0.05, 0) is 43.3 Å². The molecule has 0 aliphatic heterocycles. The van der Waals surface area contributed by atoms with Crippen LogP contribution in [0.2, 0.25) is 0 Å². The maximum atomic E-state index is 12.1. The zero-order chi connectivity index (χ0) is 15.5. The van der Waals surface area contributed by atoms with Crippen LogP contribution in [0, 0.1) is 0 Å². The molecule has 1 aromatic carbocycles. The van der Waals surface area contributed by atoms with Gasteiger partial charge in [-0.2, -0.15) is 0 Å². The van der Waals surface area contributed by atoms with Crippen molar-refractivity contribution in [1.82, 2.24) is 4.72 Å². The Morgan fingerprint density at radius 3 is 2.52 bits per heavy atom. The fourth-order valence-corrected chi connectivity index (χ4v) is 3.22. The van der Waals surface area contributed by atoms with Gasteiger partial charge in [-0.15, -0.1) is 0 Å². The third kappa shape index (κ3) is 4.67. The Morgan fingerprint density at radius 1 is 1.29 bits per heavy atom. The predicted molar refractivity (Wildman–Crippen MR) is 82.4 cm³/mol. The van der Waals surface area contributed by atoms with Crippen LogP contribution in [0.25, 0.3) is 0 Å². The van der Waals surface area contributed by atoms with Crippen LogP contribution in [0.5, 0.6) is 0 Å². The molecule has 0 aliphatic carbocycles. The Hall–Kier alpha value is -1.15. The van der Waals surface area contributed by atoms with Crippen molar-refractivity contribution >= 4 is 26.0 Å². The topological polar surface area (TPSA) is 79.5 Å². The lowest BCUT2D eigenvalue weighted by molar-refractivity contribution is 0.0603. The van der Waals surface area contributed by atoms with Gasteiger partial charge >= 0.3 is 0 Å². The Labute approximate surface area is 132 Å². The Kier molecular flexibility index (Phi) is 4.88. The summed E-state index contributed by atoms with van der Waals surface area (Å²) in [6.07, 6.45) is 1.74. The van der Waals surface area contributed by atoms with Crippen LogP contribution in [0.15, 0.2) is 56.4 Å². The van der Waals surface area contributed by atoms with Crippen LogP contribution < -0.4 is 4.72 Å². The lowest BCUT2D eigenvalue weighted by atomic mass is 10.0. The first-order valence-electron chi connectivity index (χ1n) is 6.28. The minimum absolute atomic E-state index is 0.105. The quantitative estimate of drug-likeness (QED) is 0.813. The van der Waals surface area contributed by atoms with Crippen molar-refractivity contribution < 1.29 is 17.9 Å². The fraction of sp³-hybridized carbons (Fsp3) is 0.286. The second-order valence-corrected chi connectivity index (χ2v) is 7.71. The predicted octanol–water partition coefficient (Wildman–Crippen LogP) is 2.31. The first-order chi connectivity index (χ1) is 9.78. The second kappa shape index (κ2) is 6.31. The van der Waals surface area contributed by atoms with Crippen molar-refractivity contribution in [2.75, 3.05) is 6.54 Å². The number of furan rings is 1. The largest absolute Gasteiger partial charge is 0.469 e. The first-order valence-corrected chi connectivity index (χ1v) is 8.56. The Balaban J connectivity index is 2.02. The average Bonchev–Trinajstić information content (AvgIpc) is 2.89. The van der Waals surface area contributed by atoms with E-state index in [1.54, 1.807) is 31.2 Å². The number of halogens is 1. The van der Waals surface area contributed by atoms with E-state index in [0.717, 1.165) is 4.47 Å². The van der Waals surface area contributed by atoms with E-state index < -0.39 is 15.6 Å². The van der Waals surface area contributed by atoms with Gasteiger partial charge in [-0.25, -0.2) is 13.1 Å². The molecule has 0 amide bonds. The number of hydrogen-bond acceptors (Lipinski definition) is 4. The third-order valence-corrected chi connectivity index (χ3v) is 4.85. The van der Waals surface area contributed by atoms with E-state index >= 15 is 0 Å². The van der Waals surface area contributed by atoms with Crippen molar-refractivity contribution in [2.45, 2.75) is 23.8 Å². The minimum atomic E-state index is -3.65. The minimum Gasteiger partial charge on any atom is -0.469 e. The molecule has 114 valence electrons. The summed E-state index contributed by atoms with van der Waals surface area (Å²) < 4.78 is 32.6. The standard InChI is InChI=1S/C14H16BrNO4S/c1-14(17,9-12-3-2-8-20-12)10-16-21(18,19)13-6-4-11(15)5-7-13/h2-8,16-17H,9-10H2,1H3. The second-order valence-electron chi connectivity index (χ2n) is 5.03. The molecule has 2 aromatic rings. The van der Waals surface area contributed by atoms with Gasteiger partial charge in [-0.3, -0.25) is 0 Å². The number of hydrogen-bond donors (Lipinski definition) is 2. The SMILES string of the molecule is CC(O)(CNS(=O)(=O)c1ccc(Br)cc1)Cc1ccco1. The van der Waals surface area contributed by atoms with E-state index in [9.17, 15) is 13.5 Å². The lowest BCUT2D eigenvalue weighted by Gasteiger charge is -2.22. The van der Waals surface area contributed by atoms with Crippen molar-refractivity contribution in [3.63, 3.8) is 0 Å². The van der Waals surface area contributed by atoms with Gasteiger partial charge in [0.15, 0.2) is 0 Å². The molecule has 0 spiro atoms. The Morgan fingerprint density at radius 2 is 1.95 bits per heavy atom. The molecule has 5 nitrogen and oxygen atoms in total. The normalized spacial score (nSPS) is 14.8. The van der Waals surface area contributed by atoms with Gasteiger partial charge < -0.3 is 9.52 Å². The summed E-state index contributed by atoms with van der Waals surface area (Å²) in [4.78, 5) is 0.152. The molecule has 7 heteroatoms. The smallest absolute Gasteiger partial charge is 0.240 e. The van der Waals surface area contributed by atoms with Gasteiger partial charge in [0.2, 0.25) is 10.0 Å². The summed E-state index contributed by atoms with van der Waals surface area (Å²) in [6.45, 7) is 1.45. The number of benzene rings is 1. The molecular weight excluding hydrogens is 358 g/mol. The highest BCUT2D eigenvalue weighted by Crippen LogP contribution is 2.16. The molecule has 2 rings (SSSR count). The van der Waals surface area contributed by atoms with Crippen molar-refractivity contribution in [2.24, 2.45) is 0 Å². The van der Waals surface area contributed by atoms with Crippen LogP contribution in [-0.4, -0.2) is 25.7 Å². The lowest BCUT2D eigenvalue weighted by Crippen LogP contribution is -2.42. The summed E-state index contributed by atoms with van der Waals surface area (Å²) in [7, 11) is -3.65. The monoisotopic (exact) mass is 373 g/mol. The molecule has 0 radical (unpaired) electrons. The van der Waals surface area contributed by atoms with Crippen molar-refractivity contribution in [1.29, 1.82) is 0 Å². The molecule has 0 aliphatic rings. The van der Waals surface area contributed by atoms with Gasteiger partial charge in [0.05, 0.1) is 16.8 Å². The summed E-state index contributed by atoms with van der Waals surface area (Å²) in [5.74, 6) is 0.600. The molecule has 1 heterocycles. The number of rotatable bonds is 6. The van der Waals surface area contributed by atoms with E-state index in [4.69, 9.17) is 4.42 Å².